The maximum atomic E-state index is 13.0. The predicted molar refractivity (Wildman–Crippen MR) is 99.7 cm³/mol. The summed E-state index contributed by atoms with van der Waals surface area (Å²) in [6.07, 6.45) is 6.62. The first kappa shape index (κ1) is 16.0. The Hall–Kier alpha value is -2.47. The Morgan fingerprint density at radius 3 is 3.00 bits per heavy atom. The minimum absolute atomic E-state index is 0.0201. The van der Waals surface area contributed by atoms with Crippen LogP contribution in [0.1, 0.15) is 30.9 Å². The molecule has 0 saturated carbocycles. The number of amides is 1. The smallest absolute Gasteiger partial charge is 0.236 e. The van der Waals surface area contributed by atoms with Crippen molar-refractivity contribution in [2.75, 3.05) is 5.32 Å². The first-order valence-electron chi connectivity index (χ1n) is 8.41. The van der Waals surface area contributed by atoms with Gasteiger partial charge in [-0.1, -0.05) is 24.3 Å². The van der Waals surface area contributed by atoms with Crippen molar-refractivity contribution < 1.29 is 4.79 Å². The van der Waals surface area contributed by atoms with Gasteiger partial charge in [0.25, 0.3) is 0 Å². The molecule has 2 heterocycles. The van der Waals surface area contributed by atoms with E-state index in [1.165, 1.54) is 16.9 Å². The number of aromatic nitrogens is 3. The lowest BCUT2D eigenvalue weighted by molar-refractivity contribution is -0.121. The van der Waals surface area contributed by atoms with E-state index in [4.69, 9.17) is 0 Å². The quantitative estimate of drug-likeness (QED) is 0.780. The molecule has 0 fully saturated rings. The molecule has 1 atom stereocenters. The van der Waals surface area contributed by atoms with E-state index in [1.54, 1.807) is 10.9 Å². The summed E-state index contributed by atoms with van der Waals surface area (Å²) in [4.78, 5) is 17.6. The summed E-state index contributed by atoms with van der Waals surface area (Å²) in [7, 11) is 1.87. The molecule has 1 amide bonds. The van der Waals surface area contributed by atoms with E-state index < -0.39 is 5.41 Å². The van der Waals surface area contributed by atoms with Gasteiger partial charge in [-0.05, 0) is 37.3 Å². The zero-order chi connectivity index (χ0) is 17.4. The lowest BCUT2D eigenvalue weighted by Crippen LogP contribution is -2.40. The Kier molecular flexibility index (Phi) is 3.92. The first-order valence-corrected chi connectivity index (χ1v) is 9.28. The van der Waals surface area contributed by atoms with Gasteiger partial charge >= 0.3 is 0 Å². The Labute approximate surface area is 150 Å². The Morgan fingerprint density at radius 1 is 1.36 bits per heavy atom. The molecular weight excluding hydrogens is 332 g/mol. The molecule has 2 aromatic heterocycles. The van der Waals surface area contributed by atoms with Crippen LogP contribution >= 0.6 is 11.3 Å². The highest BCUT2D eigenvalue weighted by Gasteiger charge is 2.39. The second kappa shape index (κ2) is 6.11. The number of hydrogen-bond acceptors (Lipinski definition) is 4. The van der Waals surface area contributed by atoms with Gasteiger partial charge in [0.2, 0.25) is 5.91 Å². The maximum absolute atomic E-state index is 13.0. The van der Waals surface area contributed by atoms with Crippen LogP contribution in [0.25, 0.3) is 11.3 Å². The number of carbonyl (C=O) groups is 1. The molecule has 128 valence electrons. The lowest BCUT2D eigenvalue weighted by Gasteiger charge is -2.34. The number of nitrogens with one attached hydrogen (secondary N) is 1. The van der Waals surface area contributed by atoms with Crippen molar-refractivity contribution in [1.29, 1.82) is 0 Å². The first-order chi connectivity index (χ1) is 12.1. The predicted octanol–water partition coefficient (Wildman–Crippen LogP) is 3.78. The van der Waals surface area contributed by atoms with Gasteiger partial charge in [0, 0.05) is 24.2 Å². The average molecular weight is 352 g/mol. The van der Waals surface area contributed by atoms with Crippen LogP contribution in [0.4, 0.5) is 5.13 Å². The molecule has 1 aliphatic rings. The standard InChI is InChI=1S/C19H20N4OS/c1-19(9-5-7-13-6-3-4-8-15(13)19)17(24)22-18-21-16(12-25-18)14-10-20-23(2)11-14/h3-4,6,8,10-12H,5,7,9H2,1-2H3,(H,21,22,24). The number of benzene rings is 1. The van der Waals surface area contributed by atoms with Crippen LogP contribution < -0.4 is 5.32 Å². The van der Waals surface area contributed by atoms with E-state index in [9.17, 15) is 4.79 Å². The molecule has 0 bridgehead atoms. The van der Waals surface area contributed by atoms with Gasteiger partial charge in [-0.25, -0.2) is 4.98 Å². The summed E-state index contributed by atoms with van der Waals surface area (Å²) in [5, 5.41) is 9.78. The second-order valence-electron chi connectivity index (χ2n) is 6.74. The van der Waals surface area contributed by atoms with Crippen molar-refractivity contribution in [3.8, 4) is 11.3 Å². The van der Waals surface area contributed by atoms with Crippen molar-refractivity contribution in [3.63, 3.8) is 0 Å². The highest BCUT2D eigenvalue weighted by atomic mass is 32.1. The van der Waals surface area contributed by atoms with Crippen molar-refractivity contribution in [1.82, 2.24) is 14.8 Å². The fourth-order valence-corrected chi connectivity index (χ4v) is 4.25. The van der Waals surface area contributed by atoms with Gasteiger partial charge in [0.15, 0.2) is 5.13 Å². The van der Waals surface area contributed by atoms with Crippen LogP contribution in [0.15, 0.2) is 42.0 Å². The van der Waals surface area contributed by atoms with E-state index >= 15 is 0 Å². The van der Waals surface area contributed by atoms with E-state index in [-0.39, 0.29) is 5.91 Å². The maximum Gasteiger partial charge on any atom is 0.236 e. The summed E-state index contributed by atoms with van der Waals surface area (Å²) in [5.41, 5.74) is 3.70. The topological polar surface area (TPSA) is 59.8 Å². The Balaban J connectivity index is 1.58. The molecule has 0 saturated heterocycles. The van der Waals surface area contributed by atoms with E-state index in [0.29, 0.717) is 5.13 Å². The molecule has 0 spiro atoms. The van der Waals surface area contributed by atoms with E-state index in [0.717, 1.165) is 36.1 Å². The summed E-state index contributed by atoms with van der Waals surface area (Å²) in [5.74, 6) is 0.0201. The SMILES string of the molecule is Cn1cc(-c2csc(NC(=O)C3(C)CCCc4ccccc43)n2)cn1. The van der Waals surface area contributed by atoms with E-state index in [1.807, 2.05) is 37.7 Å². The Bertz CT molecular complexity index is 929. The van der Waals surface area contributed by atoms with Crippen LogP contribution in [0.3, 0.4) is 0 Å². The van der Waals surface area contributed by atoms with Gasteiger partial charge in [-0.3, -0.25) is 9.48 Å². The molecule has 1 N–H and O–H groups in total. The molecule has 4 rings (SSSR count). The summed E-state index contributed by atoms with van der Waals surface area (Å²) in [6, 6.07) is 8.27. The number of thiazole rings is 1. The largest absolute Gasteiger partial charge is 0.301 e. The minimum atomic E-state index is -0.505. The average Bonchev–Trinajstić information content (AvgIpc) is 3.24. The number of rotatable bonds is 3. The summed E-state index contributed by atoms with van der Waals surface area (Å²) >= 11 is 1.45. The number of fused-ring (bicyclic) bond motifs is 1. The van der Waals surface area contributed by atoms with Gasteiger partial charge in [0.05, 0.1) is 17.3 Å². The number of hydrogen-bond donors (Lipinski definition) is 1. The van der Waals surface area contributed by atoms with Crippen molar-refractivity contribution in [2.24, 2.45) is 7.05 Å². The number of aryl methyl sites for hydroxylation is 2. The molecule has 0 radical (unpaired) electrons. The van der Waals surface area contributed by atoms with Gasteiger partial charge in [-0.15, -0.1) is 11.3 Å². The van der Waals surface area contributed by atoms with Gasteiger partial charge in [0.1, 0.15) is 0 Å². The molecule has 1 aliphatic carbocycles. The fourth-order valence-electron chi connectivity index (χ4n) is 3.53. The molecule has 1 unspecified atom stereocenters. The van der Waals surface area contributed by atoms with Gasteiger partial charge in [-0.2, -0.15) is 5.10 Å². The highest BCUT2D eigenvalue weighted by molar-refractivity contribution is 7.14. The number of anilines is 1. The van der Waals surface area contributed by atoms with Crippen LogP contribution in [-0.4, -0.2) is 20.7 Å². The van der Waals surface area contributed by atoms with Crippen molar-refractivity contribution in [2.45, 2.75) is 31.6 Å². The Morgan fingerprint density at radius 2 is 2.20 bits per heavy atom. The molecule has 1 aromatic carbocycles. The van der Waals surface area contributed by atoms with Crippen LogP contribution in [0.2, 0.25) is 0 Å². The normalized spacial score (nSPS) is 19.4. The monoisotopic (exact) mass is 352 g/mol. The number of carbonyl (C=O) groups excluding carboxylic acids is 1. The van der Waals surface area contributed by atoms with Crippen molar-refractivity contribution >= 4 is 22.4 Å². The molecular formula is C19H20N4OS. The lowest BCUT2D eigenvalue weighted by atomic mass is 9.71. The zero-order valence-electron chi connectivity index (χ0n) is 14.3. The summed E-state index contributed by atoms with van der Waals surface area (Å²) in [6.45, 7) is 2.04. The minimum Gasteiger partial charge on any atom is -0.301 e. The summed E-state index contributed by atoms with van der Waals surface area (Å²) < 4.78 is 1.74. The van der Waals surface area contributed by atoms with Crippen molar-refractivity contribution in [3.05, 3.63) is 53.2 Å². The third kappa shape index (κ3) is 2.87. The third-order valence-corrected chi connectivity index (χ3v) is 5.72. The third-order valence-electron chi connectivity index (χ3n) is 4.96. The zero-order valence-corrected chi connectivity index (χ0v) is 15.1. The molecule has 6 heteroatoms. The fraction of sp³-hybridized carbons (Fsp3) is 0.316. The molecule has 25 heavy (non-hydrogen) atoms. The molecule has 5 nitrogen and oxygen atoms in total. The van der Waals surface area contributed by atoms with Gasteiger partial charge < -0.3 is 5.32 Å². The number of nitrogens with zero attached hydrogens (tertiary/aromatic N) is 3. The second-order valence-corrected chi connectivity index (χ2v) is 7.60. The van der Waals surface area contributed by atoms with E-state index in [2.05, 4.69) is 27.5 Å². The van der Waals surface area contributed by atoms with Crippen LogP contribution in [0, 0.1) is 0 Å². The molecule has 0 aliphatic heterocycles. The van der Waals surface area contributed by atoms with Crippen LogP contribution in [0.5, 0.6) is 0 Å². The molecule has 3 aromatic rings. The van der Waals surface area contributed by atoms with Crippen LogP contribution in [-0.2, 0) is 23.7 Å². The highest BCUT2D eigenvalue weighted by Crippen LogP contribution is 2.38.